The largest absolute Gasteiger partial charge is 0.454 e. The molecule has 1 saturated heterocycles. The summed E-state index contributed by atoms with van der Waals surface area (Å²) < 4.78 is 40.7. The number of hydrogen-bond acceptors (Lipinski definition) is 7. The van der Waals surface area contributed by atoms with Gasteiger partial charge in [0.25, 0.3) is 0 Å². The van der Waals surface area contributed by atoms with E-state index >= 15 is 0 Å². The predicted molar refractivity (Wildman–Crippen MR) is 65.2 cm³/mol. The van der Waals surface area contributed by atoms with Crippen molar-refractivity contribution >= 4 is 17.3 Å². The Morgan fingerprint density at radius 3 is 2.60 bits per heavy atom. The molecule has 0 spiro atoms. The van der Waals surface area contributed by atoms with Gasteiger partial charge in [0.15, 0.2) is 18.2 Å². The average molecular weight is 293 g/mol. The molecule has 0 aliphatic carbocycles. The van der Waals surface area contributed by atoms with E-state index in [2.05, 4.69) is 14.7 Å². The minimum Gasteiger partial charge on any atom is -0.454 e. The average Bonchev–Trinajstić information content (AvgIpc) is 2.76. The van der Waals surface area contributed by atoms with Crippen LogP contribution in [0.5, 0.6) is 6.01 Å². The number of alkyl halides is 3. The lowest BCUT2D eigenvalue weighted by atomic mass is 10.3. The Labute approximate surface area is 112 Å². The van der Waals surface area contributed by atoms with Gasteiger partial charge < -0.3 is 26.2 Å². The third-order valence-electron chi connectivity index (χ3n) is 2.76. The first-order valence-corrected chi connectivity index (χ1v) is 5.82. The maximum Gasteiger partial charge on any atom is 0.422 e. The Balaban J connectivity index is 2.21. The van der Waals surface area contributed by atoms with Crippen LogP contribution >= 0.6 is 0 Å². The third-order valence-corrected chi connectivity index (χ3v) is 2.76. The van der Waals surface area contributed by atoms with Crippen molar-refractivity contribution < 1.29 is 23.0 Å². The van der Waals surface area contributed by atoms with Crippen LogP contribution in [0.4, 0.5) is 30.5 Å². The van der Waals surface area contributed by atoms with Crippen molar-refractivity contribution in [2.24, 2.45) is 0 Å². The molecule has 112 valence electrons. The summed E-state index contributed by atoms with van der Waals surface area (Å²) in [4.78, 5) is 9.01. The second-order valence-corrected chi connectivity index (χ2v) is 4.42. The van der Waals surface area contributed by atoms with Gasteiger partial charge in [-0.05, 0) is 6.42 Å². The number of nitrogens with zero attached hydrogens (tertiary/aromatic N) is 3. The first-order valence-electron chi connectivity index (χ1n) is 5.82. The second-order valence-electron chi connectivity index (χ2n) is 4.42. The minimum absolute atomic E-state index is 0.0541. The van der Waals surface area contributed by atoms with Crippen LogP contribution in [0, 0.1) is 0 Å². The molecule has 1 aromatic rings. The number of β-amino-alcohol motifs (C(OH)–C–C–N with tert-alkyl or cyclic N) is 1. The first kappa shape index (κ1) is 14.4. The van der Waals surface area contributed by atoms with Gasteiger partial charge in [-0.1, -0.05) is 0 Å². The molecule has 1 atom stereocenters. The number of aromatic nitrogens is 2. The van der Waals surface area contributed by atoms with E-state index in [9.17, 15) is 18.3 Å². The third kappa shape index (κ3) is 3.32. The molecule has 1 aliphatic heterocycles. The van der Waals surface area contributed by atoms with E-state index in [1.807, 2.05) is 0 Å². The quantitative estimate of drug-likeness (QED) is 0.727. The molecule has 10 heteroatoms. The summed E-state index contributed by atoms with van der Waals surface area (Å²) in [5.41, 5.74) is 11.3. The fourth-order valence-corrected chi connectivity index (χ4v) is 1.84. The van der Waals surface area contributed by atoms with E-state index in [-0.39, 0.29) is 23.9 Å². The monoisotopic (exact) mass is 293 g/mol. The zero-order chi connectivity index (χ0) is 14.9. The summed E-state index contributed by atoms with van der Waals surface area (Å²) in [6.07, 6.45) is -4.52. The Bertz CT molecular complexity index is 497. The summed E-state index contributed by atoms with van der Waals surface area (Å²) in [6, 6.07) is -0.495. The molecule has 1 unspecified atom stereocenters. The SMILES string of the molecule is Nc1nc(OCC(F)(F)F)nc(N2CCC(O)C2)c1N. The van der Waals surface area contributed by atoms with Gasteiger partial charge in [-0.15, -0.1) is 0 Å². The molecule has 0 amide bonds. The lowest BCUT2D eigenvalue weighted by Crippen LogP contribution is -2.25. The van der Waals surface area contributed by atoms with Crippen LogP contribution in [0.15, 0.2) is 0 Å². The van der Waals surface area contributed by atoms with E-state index in [1.165, 1.54) is 0 Å². The van der Waals surface area contributed by atoms with Gasteiger partial charge in [-0.25, -0.2) is 0 Å². The number of aliphatic hydroxyl groups excluding tert-OH is 1. The van der Waals surface area contributed by atoms with Crippen molar-refractivity contribution in [3.05, 3.63) is 0 Å². The topological polar surface area (TPSA) is 111 Å². The number of nitrogen functional groups attached to an aromatic ring is 2. The molecule has 1 aromatic heterocycles. The Morgan fingerprint density at radius 1 is 1.35 bits per heavy atom. The molecule has 2 rings (SSSR count). The first-order chi connectivity index (χ1) is 9.26. The number of anilines is 3. The molecular formula is C10H14F3N5O2. The Morgan fingerprint density at radius 2 is 2.05 bits per heavy atom. The van der Waals surface area contributed by atoms with E-state index in [0.29, 0.717) is 13.0 Å². The normalized spacial score (nSPS) is 19.4. The summed E-state index contributed by atoms with van der Waals surface area (Å²) in [5, 5.41) is 9.46. The number of aliphatic hydroxyl groups is 1. The number of rotatable bonds is 3. The minimum atomic E-state index is -4.50. The van der Waals surface area contributed by atoms with E-state index in [1.54, 1.807) is 4.90 Å². The highest BCUT2D eigenvalue weighted by Crippen LogP contribution is 2.30. The number of ether oxygens (including phenoxy) is 1. The summed E-state index contributed by atoms with van der Waals surface area (Å²) in [5.74, 6) is 0.0137. The number of nitrogens with two attached hydrogens (primary N) is 2. The van der Waals surface area contributed by atoms with Crippen molar-refractivity contribution in [3.8, 4) is 6.01 Å². The van der Waals surface area contributed by atoms with Crippen LogP contribution in [-0.2, 0) is 0 Å². The van der Waals surface area contributed by atoms with E-state index in [0.717, 1.165) is 0 Å². The highest BCUT2D eigenvalue weighted by atomic mass is 19.4. The fourth-order valence-electron chi connectivity index (χ4n) is 1.84. The van der Waals surface area contributed by atoms with Crippen molar-refractivity contribution in [2.45, 2.75) is 18.7 Å². The molecule has 20 heavy (non-hydrogen) atoms. The van der Waals surface area contributed by atoms with Gasteiger partial charge in [0.05, 0.1) is 6.10 Å². The molecule has 0 saturated carbocycles. The van der Waals surface area contributed by atoms with Crippen molar-refractivity contribution in [2.75, 3.05) is 36.1 Å². The zero-order valence-corrected chi connectivity index (χ0v) is 10.4. The van der Waals surface area contributed by atoms with Gasteiger partial charge >= 0.3 is 12.2 Å². The molecular weight excluding hydrogens is 279 g/mol. The maximum atomic E-state index is 12.1. The van der Waals surface area contributed by atoms with E-state index < -0.39 is 24.9 Å². The van der Waals surface area contributed by atoms with E-state index in [4.69, 9.17) is 11.5 Å². The van der Waals surface area contributed by atoms with Gasteiger partial charge in [0.2, 0.25) is 0 Å². The van der Waals surface area contributed by atoms with Crippen LogP contribution in [0.2, 0.25) is 0 Å². The maximum absolute atomic E-state index is 12.1. The summed E-state index contributed by atoms with van der Waals surface area (Å²) in [6.45, 7) is -0.766. The lowest BCUT2D eigenvalue weighted by molar-refractivity contribution is -0.154. The number of halogens is 3. The van der Waals surface area contributed by atoms with Crippen molar-refractivity contribution in [1.29, 1.82) is 0 Å². The molecule has 1 aliphatic rings. The summed E-state index contributed by atoms with van der Waals surface area (Å²) in [7, 11) is 0. The standard InChI is InChI=1S/C10H14F3N5O2/c11-10(12,13)4-20-9-16-7(15)6(14)8(17-9)18-2-1-5(19)3-18/h5,19H,1-4,14H2,(H2,15,16,17). The predicted octanol–water partition coefficient (Wildman–Crippen LogP) is 0.153. The van der Waals surface area contributed by atoms with Gasteiger partial charge in [0, 0.05) is 13.1 Å². The summed E-state index contributed by atoms with van der Waals surface area (Å²) >= 11 is 0. The molecule has 1 fully saturated rings. The van der Waals surface area contributed by atoms with Crippen molar-refractivity contribution in [3.63, 3.8) is 0 Å². The smallest absolute Gasteiger partial charge is 0.422 e. The number of hydrogen-bond donors (Lipinski definition) is 3. The molecule has 5 N–H and O–H groups in total. The Hall–Kier alpha value is -1.97. The molecule has 0 aromatic carbocycles. The van der Waals surface area contributed by atoms with Gasteiger partial charge in [-0.2, -0.15) is 23.1 Å². The molecule has 0 bridgehead atoms. The second kappa shape index (κ2) is 5.19. The molecule has 0 radical (unpaired) electrons. The lowest BCUT2D eigenvalue weighted by Gasteiger charge is -2.20. The van der Waals surface area contributed by atoms with Crippen LogP contribution in [0.25, 0.3) is 0 Å². The van der Waals surface area contributed by atoms with Crippen LogP contribution in [-0.4, -0.2) is 47.1 Å². The highest BCUT2D eigenvalue weighted by molar-refractivity contribution is 5.74. The van der Waals surface area contributed by atoms with Crippen molar-refractivity contribution in [1.82, 2.24) is 9.97 Å². The molecule has 2 heterocycles. The van der Waals surface area contributed by atoms with Gasteiger partial charge in [-0.3, -0.25) is 0 Å². The highest BCUT2D eigenvalue weighted by Gasteiger charge is 2.30. The zero-order valence-electron chi connectivity index (χ0n) is 10.4. The van der Waals surface area contributed by atoms with Crippen LogP contribution < -0.4 is 21.1 Å². The molecule has 7 nitrogen and oxygen atoms in total. The van der Waals surface area contributed by atoms with Gasteiger partial charge in [0.1, 0.15) is 5.69 Å². The fraction of sp³-hybridized carbons (Fsp3) is 0.600. The Kier molecular flexibility index (Phi) is 3.75. The van der Waals surface area contributed by atoms with Crippen LogP contribution in [0.3, 0.4) is 0 Å². The van der Waals surface area contributed by atoms with Crippen LogP contribution in [0.1, 0.15) is 6.42 Å².